The lowest BCUT2D eigenvalue weighted by atomic mass is 9.95. The molecule has 35 heteroatoms. The maximum absolute atomic E-state index is 13.1. The number of carboxylic acids is 3. The van der Waals surface area contributed by atoms with E-state index < -0.39 is 51.4 Å². The van der Waals surface area contributed by atoms with E-state index in [-0.39, 0.29) is 113 Å². The number of thiocarbonyl (C=S) groups is 2. The summed E-state index contributed by atoms with van der Waals surface area (Å²) in [5.41, 5.74) is 15.3. The summed E-state index contributed by atoms with van der Waals surface area (Å²) in [5.74, 6) is -7.69. The normalized spacial score (nSPS) is 10.7. The topological polar surface area (TPSA) is 440 Å². The molecule has 0 aliphatic heterocycles. The van der Waals surface area contributed by atoms with Crippen molar-refractivity contribution in [1.29, 1.82) is 0 Å². The third kappa shape index (κ3) is 18.0. The lowest BCUT2D eigenvalue weighted by molar-refractivity contribution is -0.385. The molecule has 3 heterocycles. The molecular formula is C65H52Br2ClN13O17S2. The zero-order valence-corrected chi connectivity index (χ0v) is 57.6. The van der Waals surface area contributed by atoms with Crippen LogP contribution >= 0.6 is 67.9 Å². The van der Waals surface area contributed by atoms with E-state index in [1.54, 1.807) is 86.6 Å². The number of anilines is 2. The standard InChI is InChI=1S/C24H18BrN3O6.C21H18ClN5O5S.C20H16BrN5O6S/c1-34-11-18-21(24(32)33)20(15-10-14(25)6-7-17(15)26-18)23(31)28-27-22(30)16-8-12-4-2-3-5-13(12)9-19(16)29;1-10(2)18-17(20(29)30)16(14-9-11(22)3-8-15(14)24-18)19(28)25-26-21(33)23-12-4-6-13(7-5-12)27(31)32;1-32-9-15-17(19(28)29)16(13-8-10(21)2-7-14(13)23-15)18(27)24-25-20(33)22-11-3-5-12(6-4-11)26(30)31/h2-10,29H,11H2,1H3,(H,27,30)(H,28,31)(H,32,33);3-10H,1-2H3,(H,25,28)(H,29,30)(H2,23,26,33);2-8H,9H2,1H3,(H,24,27)(H,28,29)(H2,22,25,33). The summed E-state index contributed by atoms with van der Waals surface area (Å²) in [6.07, 6.45) is 0. The zero-order chi connectivity index (χ0) is 72.8. The van der Waals surface area contributed by atoms with Gasteiger partial charge >= 0.3 is 17.9 Å². The van der Waals surface area contributed by atoms with Crippen LogP contribution in [0.4, 0.5) is 22.7 Å². The number of hydrazine groups is 3. The summed E-state index contributed by atoms with van der Waals surface area (Å²) in [7, 11) is 2.78. The van der Waals surface area contributed by atoms with Gasteiger partial charge in [0, 0.05) is 80.0 Å². The maximum Gasteiger partial charge on any atom is 0.338 e. The second-order valence-electron chi connectivity index (χ2n) is 21.1. The molecule has 30 nitrogen and oxygen atoms in total. The van der Waals surface area contributed by atoms with Gasteiger partial charge in [0.25, 0.3) is 35.0 Å². The summed E-state index contributed by atoms with van der Waals surface area (Å²) < 4.78 is 11.4. The van der Waals surface area contributed by atoms with Gasteiger partial charge in [0.15, 0.2) is 10.2 Å². The minimum absolute atomic E-state index is 0.0189. The first-order valence-corrected chi connectivity index (χ1v) is 31.5. The minimum Gasteiger partial charge on any atom is -0.507 e. The van der Waals surface area contributed by atoms with Crippen LogP contribution in [-0.4, -0.2) is 111 Å². The van der Waals surface area contributed by atoms with Gasteiger partial charge in [-0.2, -0.15) is 0 Å². The molecule has 0 spiro atoms. The van der Waals surface area contributed by atoms with Gasteiger partial charge in [-0.1, -0.05) is 81.6 Å². The van der Waals surface area contributed by atoms with Crippen molar-refractivity contribution in [3.8, 4) is 5.75 Å². The molecule has 10 aromatic rings. The first kappa shape index (κ1) is 74.3. The Hall–Kier alpha value is -11.5. The number of halogens is 3. The third-order valence-electron chi connectivity index (χ3n) is 14.1. The van der Waals surface area contributed by atoms with Crippen molar-refractivity contribution in [1.82, 2.24) is 47.5 Å². The highest BCUT2D eigenvalue weighted by Crippen LogP contribution is 2.33. The predicted molar refractivity (Wildman–Crippen MR) is 382 cm³/mol. The Bertz CT molecular complexity index is 5000. The van der Waals surface area contributed by atoms with Gasteiger partial charge in [-0.15, -0.1) is 0 Å². The minimum atomic E-state index is -1.37. The summed E-state index contributed by atoms with van der Waals surface area (Å²) in [6.45, 7) is 3.31. The summed E-state index contributed by atoms with van der Waals surface area (Å²) in [6, 6.07) is 35.6. The fourth-order valence-electron chi connectivity index (χ4n) is 9.77. The van der Waals surface area contributed by atoms with E-state index in [1.165, 1.54) is 80.9 Å². The SMILES string of the molecule is CC(C)c1nc2ccc(Cl)cc2c(C(=O)NNC(=S)Nc2ccc([N+](=O)[O-])cc2)c1C(=O)O.COCc1nc2ccc(Br)cc2c(C(=O)NNC(=O)c2cc3ccccc3cc2O)c1C(=O)O.COCc1nc2ccc(Br)cc2c(C(=O)NNC(=S)Nc2ccc([N+](=O)[O-])cc2)c1C(=O)O. The number of hydrogen-bond acceptors (Lipinski definition) is 19. The molecule has 10 rings (SSSR count). The summed E-state index contributed by atoms with van der Waals surface area (Å²) >= 11 is 23.0. The van der Waals surface area contributed by atoms with E-state index in [2.05, 4.69) is 90.0 Å². The third-order valence-corrected chi connectivity index (χ3v) is 15.7. The number of rotatable bonds is 16. The number of benzene rings is 7. The van der Waals surface area contributed by atoms with Crippen molar-refractivity contribution in [2.75, 3.05) is 24.9 Å². The van der Waals surface area contributed by atoms with Gasteiger partial charge in [-0.25, -0.2) is 24.4 Å². The zero-order valence-electron chi connectivity index (χ0n) is 52.1. The Morgan fingerprint density at radius 3 is 1.30 bits per heavy atom. The van der Waals surface area contributed by atoms with Crippen LogP contribution in [0.15, 0.2) is 148 Å². The number of fused-ring (bicyclic) bond motifs is 4. The summed E-state index contributed by atoms with van der Waals surface area (Å²) in [5, 5.41) is 69.3. The van der Waals surface area contributed by atoms with E-state index in [0.29, 0.717) is 47.3 Å². The number of methoxy groups -OCH3 is 2. The number of hydrogen-bond donors (Lipinski definition) is 12. The molecule has 0 atom stereocenters. The van der Waals surface area contributed by atoms with Crippen molar-refractivity contribution < 1.29 is 73.3 Å². The molecule has 0 aliphatic carbocycles. The molecular weight excluding hydrogens is 1490 g/mol. The van der Waals surface area contributed by atoms with Crippen molar-refractivity contribution in [2.45, 2.75) is 33.0 Å². The average Bonchev–Trinajstić information content (AvgIpc) is 0.778. The number of nitrogens with zero attached hydrogens (tertiary/aromatic N) is 5. The van der Waals surface area contributed by atoms with E-state index in [1.807, 2.05) is 0 Å². The van der Waals surface area contributed by atoms with Gasteiger partial charge in [0.2, 0.25) is 0 Å². The number of amides is 4. The van der Waals surface area contributed by atoms with E-state index in [9.17, 15) is 74.2 Å². The van der Waals surface area contributed by atoms with Crippen LogP contribution < -0.4 is 43.2 Å². The van der Waals surface area contributed by atoms with Crippen LogP contribution in [0, 0.1) is 20.2 Å². The molecule has 0 bridgehead atoms. The number of phenols is 1. The number of pyridine rings is 3. The van der Waals surface area contributed by atoms with Crippen LogP contribution in [0.2, 0.25) is 5.02 Å². The van der Waals surface area contributed by atoms with Gasteiger partial charge in [-0.3, -0.25) is 76.9 Å². The molecule has 7 aromatic carbocycles. The monoisotopic (exact) mass is 1540 g/mol. The van der Waals surface area contributed by atoms with Crippen LogP contribution in [0.5, 0.6) is 5.75 Å². The summed E-state index contributed by atoms with van der Waals surface area (Å²) in [4.78, 5) is 122. The Morgan fingerprint density at radius 1 is 0.510 bits per heavy atom. The maximum atomic E-state index is 13.1. The number of carboxylic acid groups (broad SMARTS) is 3. The number of aromatic hydroxyl groups is 1. The number of phenolic OH excluding ortho intramolecular Hbond substituents is 1. The molecule has 0 fully saturated rings. The van der Waals surface area contributed by atoms with Crippen LogP contribution in [0.25, 0.3) is 43.5 Å². The molecule has 0 radical (unpaired) electrons. The predicted octanol–water partition coefficient (Wildman–Crippen LogP) is 11.4. The van der Waals surface area contributed by atoms with Crippen LogP contribution in [0.3, 0.4) is 0 Å². The molecule has 0 saturated heterocycles. The molecule has 0 aliphatic rings. The molecule has 12 N–H and O–H groups in total. The van der Waals surface area contributed by atoms with E-state index in [4.69, 9.17) is 45.5 Å². The quantitative estimate of drug-likeness (QED) is 0.0243. The van der Waals surface area contributed by atoms with Gasteiger partial charge < -0.3 is 40.5 Å². The smallest absolute Gasteiger partial charge is 0.338 e. The molecule has 0 unspecified atom stereocenters. The number of nitrogens with one attached hydrogen (secondary N) is 8. The number of carbonyl (C=O) groups is 7. The number of carbonyl (C=O) groups excluding carboxylic acids is 4. The van der Waals surface area contributed by atoms with Crippen LogP contribution in [0.1, 0.15) is 109 Å². The van der Waals surface area contributed by atoms with Crippen molar-refractivity contribution >= 4 is 186 Å². The van der Waals surface area contributed by atoms with Crippen LogP contribution in [-0.2, 0) is 22.7 Å². The highest BCUT2D eigenvalue weighted by Gasteiger charge is 2.30. The van der Waals surface area contributed by atoms with E-state index in [0.717, 1.165) is 10.8 Å². The molecule has 4 amide bonds. The molecule has 100 heavy (non-hydrogen) atoms. The molecule has 0 saturated carbocycles. The highest BCUT2D eigenvalue weighted by atomic mass is 79.9. The first-order chi connectivity index (χ1) is 47.6. The molecule has 3 aromatic heterocycles. The van der Waals surface area contributed by atoms with E-state index >= 15 is 0 Å². The average molecular weight is 1550 g/mol. The lowest BCUT2D eigenvalue weighted by Crippen LogP contribution is -2.44. The largest absolute Gasteiger partial charge is 0.507 e. The lowest BCUT2D eigenvalue weighted by Gasteiger charge is -2.17. The number of nitro groups is 2. The van der Waals surface area contributed by atoms with Crippen molar-refractivity contribution in [2.24, 2.45) is 0 Å². The Morgan fingerprint density at radius 2 is 0.890 bits per heavy atom. The number of ether oxygens (including phenoxy) is 2. The second-order valence-corrected chi connectivity index (χ2v) is 24.2. The van der Waals surface area contributed by atoms with Gasteiger partial charge in [0.1, 0.15) is 5.75 Å². The Labute approximate surface area is 596 Å². The Kier molecular flexibility index (Phi) is 24.6. The number of nitro benzene ring substituents is 2. The number of aromatic nitrogens is 3. The molecule has 512 valence electrons. The van der Waals surface area contributed by atoms with Crippen molar-refractivity contribution in [3.63, 3.8) is 0 Å². The van der Waals surface area contributed by atoms with Crippen molar-refractivity contribution in [3.05, 3.63) is 230 Å². The number of aromatic carboxylic acids is 3. The second kappa shape index (κ2) is 33.1. The fourth-order valence-corrected chi connectivity index (χ4v) is 11.0. The Balaban J connectivity index is 0.000000191. The van der Waals surface area contributed by atoms with Gasteiger partial charge in [-0.05, 0) is 132 Å². The first-order valence-electron chi connectivity index (χ1n) is 28.7. The highest BCUT2D eigenvalue weighted by molar-refractivity contribution is 9.10. The number of non-ortho nitro benzene ring substituents is 2. The van der Waals surface area contributed by atoms with Gasteiger partial charge in [0.05, 0.1) is 95.6 Å². The fraction of sp³-hybridized carbons (Fsp3) is 0.108.